The average molecular weight is 390 g/mol. The third kappa shape index (κ3) is 4.94. The Balaban J connectivity index is 3.72. The number of Topliss-reactive ketones (excluding diaryl/α,β-unsaturated/α-hetero) is 1. The second kappa shape index (κ2) is 10.5. The molecule has 0 radical (unpaired) electrons. The van der Waals surface area contributed by atoms with Crippen LogP contribution >= 0.6 is 0 Å². The SMILES string of the molecule is C=C(OCCCCC)C(OC(C)=O)(C(C)=O)c1c(/C=C/C)ccc(O)c1OC. The lowest BCUT2D eigenvalue weighted by molar-refractivity contribution is -0.166. The number of methoxy groups -OCH3 is 1. The minimum atomic E-state index is -1.95. The Labute approximate surface area is 166 Å². The number of carbonyl (C=O) groups is 2. The number of phenolic OH excluding ortho intramolecular Hbond substituents is 1. The zero-order chi connectivity index (χ0) is 21.3. The Kier molecular flexibility index (Phi) is 8.76. The number of hydrogen-bond acceptors (Lipinski definition) is 6. The number of carbonyl (C=O) groups excluding carboxylic acids is 2. The van der Waals surface area contributed by atoms with Crippen LogP contribution in [0, 0.1) is 0 Å². The molecule has 6 nitrogen and oxygen atoms in total. The zero-order valence-electron chi connectivity index (χ0n) is 17.3. The molecule has 0 saturated heterocycles. The van der Waals surface area contributed by atoms with Crippen molar-refractivity contribution in [1.29, 1.82) is 0 Å². The van der Waals surface area contributed by atoms with Gasteiger partial charge in [-0.05, 0) is 31.9 Å². The van der Waals surface area contributed by atoms with Gasteiger partial charge in [-0.25, -0.2) is 0 Å². The number of allylic oxidation sites excluding steroid dienone is 1. The van der Waals surface area contributed by atoms with Crippen molar-refractivity contribution in [3.05, 3.63) is 41.7 Å². The molecule has 1 atom stereocenters. The molecule has 1 aromatic carbocycles. The Hall–Kier alpha value is -2.76. The largest absolute Gasteiger partial charge is 0.504 e. The monoisotopic (exact) mass is 390 g/mol. The van der Waals surface area contributed by atoms with E-state index in [-0.39, 0.29) is 22.8 Å². The smallest absolute Gasteiger partial charge is 0.304 e. The molecule has 1 N–H and O–H groups in total. The number of rotatable bonds is 11. The van der Waals surface area contributed by atoms with E-state index >= 15 is 0 Å². The number of hydrogen-bond donors (Lipinski definition) is 1. The standard InChI is InChI=1S/C22H30O6/c1-7-9-10-14-27-16(4)22(15(3)23,28-17(5)24)20-18(11-8-2)12-13-19(25)21(20)26-6/h8,11-13,25H,4,7,9-10,14H2,1-3,5-6H3/b11-8+. The third-order valence-electron chi connectivity index (χ3n) is 4.28. The van der Waals surface area contributed by atoms with E-state index in [0.29, 0.717) is 12.2 Å². The molecule has 0 aliphatic rings. The van der Waals surface area contributed by atoms with Gasteiger partial charge in [0.1, 0.15) is 5.76 Å². The number of unbranched alkanes of at least 4 members (excludes halogenated alkanes) is 2. The average Bonchev–Trinajstić information content (AvgIpc) is 2.64. The summed E-state index contributed by atoms with van der Waals surface area (Å²) in [6, 6.07) is 3.06. The molecule has 6 heteroatoms. The fourth-order valence-electron chi connectivity index (χ4n) is 3.03. The van der Waals surface area contributed by atoms with Crippen LogP contribution in [0.25, 0.3) is 6.08 Å². The highest BCUT2D eigenvalue weighted by Gasteiger charge is 2.49. The van der Waals surface area contributed by atoms with Crippen LogP contribution in [0.3, 0.4) is 0 Å². The number of esters is 1. The number of phenols is 1. The molecule has 0 aliphatic carbocycles. The highest BCUT2D eigenvalue weighted by Crippen LogP contribution is 2.46. The van der Waals surface area contributed by atoms with E-state index in [1.807, 2.05) is 0 Å². The summed E-state index contributed by atoms with van der Waals surface area (Å²) in [7, 11) is 1.36. The van der Waals surface area contributed by atoms with E-state index in [4.69, 9.17) is 14.2 Å². The molecule has 0 heterocycles. The molecule has 0 spiro atoms. The molecule has 0 saturated carbocycles. The summed E-state index contributed by atoms with van der Waals surface area (Å²) >= 11 is 0. The van der Waals surface area contributed by atoms with E-state index in [1.165, 1.54) is 27.0 Å². The second-order valence-corrected chi connectivity index (χ2v) is 6.39. The van der Waals surface area contributed by atoms with Gasteiger partial charge in [0, 0.05) is 6.92 Å². The van der Waals surface area contributed by atoms with Crippen LogP contribution in [0.5, 0.6) is 11.5 Å². The van der Waals surface area contributed by atoms with Crippen LogP contribution in [-0.2, 0) is 24.7 Å². The lowest BCUT2D eigenvalue weighted by Gasteiger charge is -2.34. The third-order valence-corrected chi connectivity index (χ3v) is 4.28. The van der Waals surface area contributed by atoms with Gasteiger partial charge in [0.2, 0.25) is 0 Å². The van der Waals surface area contributed by atoms with Crippen LogP contribution in [0.2, 0.25) is 0 Å². The fourth-order valence-corrected chi connectivity index (χ4v) is 3.03. The van der Waals surface area contributed by atoms with Crippen molar-refractivity contribution in [2.24, 2.45) is 0 Å². The Morgan fingerprint density at radius 1 is 1.25 bits per heavy atom. The van der Waals surface area contributed by atoms with Gasteiger partial charge in [0.25, 0.3) is 5.60 Å². The van der Waals surface area contributed by atoms with Gasteiger partial charge in [-0.3, -0.25) is 9.59 Å². The lowest BCUT2D eigenvalue weighted by atomic mass is 9.83. The van der Waals surface area contributed by atoms with Gasteiger partial charge in [0.05, 0.1) is 19.3 Å². The molecule has 1 aromatic rings. The van der Waals surface area contributed by atoms with Crippen molar-refractivity contribution >= 4 is 17.8 Å². The Morgan fingerprint density at radius 2 is 1.93 bits per heavy atom. The van der Waals surface area contributed by atoms with Crippen LogP contribution in [0.4, 0.5) is 0 Å². The molecule has 28 heavy (non-hydrogen) atoms. The number of ketones is 1. The van der Waals surface area contributed by atoms with Gasteiger partial charge >= 0.3 is 5.97 Å². The normalized spacial score (nSPS) is 13.0. The number of ether oxygens (including phenoxy) is 3. The van der Waals surface area contributed by atoms with E-state index in [1.54, 1.807) is 25.1 Å². The predicted molar refractivity (Wildman–Crippen MR) is 108 cm³/mol. The molecule has 1 rings (SSSR count). The van der Waals surface area contributed by atoms with Crippen molar-refractivity contribution in [1.82, 2.24) is 0 Å². The molecule has 0 amide bonds. The summed E-state index contributed by atoms with van der Waals surface area (Å²) in [6.07, 6.45) is 6.21. The minimum Gasteiger partial charge on any atom is -0.504 e. The van der Waals surface area contributed by atoms with Crippen molar-refractivity contribution in [2.45, 2.75) is 52.6 Å². The maximum Gasteiger partial charge on any atom is 0.304 e. The Bertz CT molecular complexity index is 750. The van der Waals surface area contributed by atoms with Crippen LogP contribution < -0.4 is 4.74 Å². The molecule has 1 unspecified atom stereocenters. The van der Waals surface area contributed by atoms with Crippen molar-refractivity contribution in [2.75, 3.05) is 13.7 Å². The summed E-state index contributed by atoms with van der Waals surface area (Å²) in [5.41, 5.74) is -1.24. The quantitative estimate of drug-likeness (QED) is 0.340. The topological polar surface area (TPSA) is 82.1 Å². The first-order valence-electron chi connectivity index (χ1n) is 9.32. The summed E-state index contributed by atoms with van der Waals surface area (Å²) in [4.78, 5) is 24.9. The number of aromatic hydroxyl groups is 1. The van der Waals surface area contributed by atoms with Gasteiger partial charge in [-0.15, -0.1) is 0 Å². The molecule has 0 fully saturated rings. The summed E-state index contributed by atoms with van der Waals surface area (Å²) in [6.45, 7) is 10.6. The number of benzene rings is 1. The van der Waals surface area contributed by atoms with Crippen molar-refractivity contribution in [3.8, 4) is 11.5 Å². The van der Waals surface area contributed by atoms with Crippen molar-refractivity contribution < 1.29 is 28.9 Å². The molecular weight excluding hydrogens is 360 g/mol. The zero-order valence-corrected chi connectivity index (χ0v) is 17.3. The summed E-state index contributed by atoms with van der Waals surface area (Å²) in [5, 5.41) is 10.3. The molecule has 0 aromatic heterocycles. The van der Waals surface area contributed by atoms with Crippen LogP contribution in [-0.4, -0.2) is 30.6 Å². The maximum absolute atomic E-state index is 12.9. The van der Waals surface area contributed by atoms with Gasteiger partial charge in [-0.2, -0.15) is 0 Å². The first-order chi connectivity index (χ1) is 13.3. The van der Waals surface area contributed by atoms with Crippen LogP contribution in [0.1, 0.15) is 58.1 Å². The van der Waals surface area contributed by atoms with Gasteiger partial charge in [-0.1, -0.05) is 44.6 Å². The minimum absolute atomic E-state index is 0.0189. The van der Waals surface area contributed by atoms with E-state index in [0.717, 1.165) is 19.3 Å². The highest BCUT2D eigenvalue weighted by molar-refractivity contribution is 5.94. The Morgan fingerprint density at radius 3 is 2.43 bits per heavy atom. The van der Waals surface area contributed by atoms with E-state index < -0.39 is 17.4 Å². The summed E-state index contributed by atoms with van der Waals surface area (Å²) in [5.74, 6) is -1.41. The highest BCUT2D eigenvalue weighted by atomic mass is 16.6. The molecule has 0 bridgehead atoms. The summed E-state index contributed by atoms with van der Waals surface area (Å²) < 4.78 is 16.7. The van der Waals surface area contributed by atoms with Crippen molar-refractivity contribution in [3.63, 3.8) is 0 Å². The van der Waals surface area contributed by atoms with Crippen LogP contribution in [0.15, 0.2) is 30.5 Å². The molecule has 0 aliphatic heterocycles. The fraction of sp³-hybridized carbons (Fsp3) is 0.455. The lowest BCUT2D eigenvalue weighted by Crippen LogP contribution is -2.42. The predicted octanol–water partition coefficient (Wildman–Crippen LogP) is 4.50. The van der Waals surface area contributed by atoms with E-state index in [9.17, 15) is 14.7 Å². The first-order valence-corrected chi connectivity index (χ1v) is 9.32. The molecule has 154 valence electrons. The van der Waals surface area contributed by atoms with Gasteiger partial charge < -0.3 is 19.3 Å². The first kappa shape index (κ1) is 23.3. The van der Waals surface area contributed by atoms with E-state index in [2.05, 4.69) is 13.5 Å². The second-order valence-electron chi connectivity index (χ2n) is 6.39. The van der Waals surface area contributed by atoms with Gasteiger partial charge in [0.15, 0.2) is 17.3 Å². The molecular formula is C22H30O6. The maximum atomic E-state index is 12.9.